The highest BCUT2D eigenvalue weighted by Crippen LogP contribution is 2.23. The summed E-state index contributed by atoms with van der Waals surface area (Å²) in [6.07, 6.45) is 4.87. The Morgan fingerprint density at radius 1 is 1.73 bits per heavy atom. The molecule has 0 aliphatic heterocycles. The summed E-state index contributed by atoms with van der Waals surface area (Å²) in [5.74, 6) is 0.165. The molecule has 1 atom stereocenters. The average Bonchev–Trinajstić information content (AvgIpc) is 1.85. The van der Waals surface area contributed by atoms with Gasteiger partial charge in [0.2, 0.25) is 0 Å². The van der Waals surface area contributed by atoms with E-state index in [2.05, 4.69) is 15.9 Å². The number of allylic oxidation sites excluding steroid dienone is 4. The highest BCUT2D eigenvalue weighted by atomic mass is 79.9. The zero-order valence-corrected chi connectivity index (χ0v) is 8.31. The minimum absolute atomic E-state index is 0.165. The van der Waals surface area contributed by atoms with Gasteiger partial charge in [0.25, 0.3) is 0 Å². The topological polar surface area (TPSA) is 17.1 Å². The normalized spacial score (nSPS) is 24.1. The molecule has 0 aromatic rings. The highest BCUT2D eigenvalue weighted by molar-refractivity contribution is 9.09. The van der Waals surface area contributed by atoms with Crippen LogP contribution in [0.2, 0.25) is 0 Å². The van der Waals surface area contributed by atoms with Crippen molar-refractivity contribution in [2.45, 2.75) is 25.1 Å². The van der Waals surface area contributed by atoms with E-state index >= 15 is 0 Å². The molecule has 0 aromatic carbocycles. The fourth-order valence-corrected chi connectivity index (χ4v) is 1.87. The van der Waals surface area contributed by atoms with Crippen LogP contribution in [-0.2, 0) is 4.79 Å². The maximum Gasteiger partial charge on any atom is 0.159 e. The molecule has 0 saturated carbocycles. The Bertz CT molecular complexity index is 238. The van der Waals surface area contributed by atoms with Crippen LogP contribution in [0.5, 0.6) is 0 Å². The van der Waals surface area contributed by atoms with Gasteiger partial charge in [-0.15, -0.1) is 0 Å². The first kappa shape index (κ1) is 8.72. The number of rotatable bonds is 1. The van der Waals surface area contributed by atoms with Crippen molar-refractivity contribution in [3.8, 4) is 0 Å². The molecule has 2 heteroatoms. The van der Waals surface area contributed by atoms with E-state index in [0.29, 0.717) is 4.83 Å². The summed E-state index contributed by atoms with van der Waals surface area (Å²) in [6, 6.07) is 0. The van der Waals surface area contributed by atoms with Gasteiger partial charge in [-0.25, -0.2) is 0 Å². The smallest absolute Gasteiger partial charge is 0.159 e. The summed E-state index contributed by atoms with van der Waals surface area (Å²) in [5, 5.41) is 0. The summed E-state index contributed by atoms with van der Waals surface area (Å²) in [4.78, 5) is 11.4. The number of alkyl halides is 1. The van der Waals surface area contributed by atoms with Crippen LogP contribution in [0, 0.1) is 0 Å². The Hall–Kier alpha value is -0.370. The van der Waals surface area contributed by atoms with Gasteiger partial charge in [-0.3, -0.25) is 4.79 Å². The molecular formula is C9H11BrO. The lowest BCUT2D eigenvalue weighted by molar-refractivity contribution is -0.113. The van der Waals surface area contributed by atoms with Crippen LogP contribution in [0.25, 0.3) is 0 Å². The predicted octanol–water partition coefficient (Wildman–Crippen LogP) is 2.62. The summed E-state index contributed by atoms with van der Waals surface area (Å²) >= 11 is 3.47. The molecule has 0 radical (unpaired) electrons. The van der Waals surface area contributed by atoms with Crippen LogP contribution in [0.3, 0.4) is 0 Å². The second kappa shape index (κ2) is 3.35. The molecule has 0 saturated heterocycles. The minimum Gasteiger partial charge on any atom is -0.295 e. The Kier molecular flexibility index (Phi) is 2.66. The number of carbonyl (C=O) groups is 1. The van der Waals surface area contributed by atoms with Crippen LogP contribution in [-0.4, -0.2) is 10.6 Å². The van der Waals surface area contributed by atoms with E-state index in [4.69, 9.17) is 0 Å². The van der Waals surface area contributed by atoms with Gasteiger partial charge in [0.05, 0.1) is 0 Å². The minimum atomic E-state index is 0.165. The second-order valence-electron chi connectivity index (χ2n) is 2.83. The van der Waals surface area contributed by atoms with Crippen molar-refractivity contribution >= 4 is 21.7 Å². The van der Waals surface area contributed by atoms with Gasteiger partial charge in [-0.1, -0.05) is 33.7 Å². The molecule has 0 N–H and O–H groups in total. The van der Waals surface area contributed by atoms with Crippen molar-refractivity contribution in [3.05, 3.63) is 23.3 Å². The largest absolute Gasteiger partial charge is 0.295 e. The van der Waals surface area contributed by atoms with Crippen LogP contribution in [0.4, 0.5) is 0 Å². The molecule has 0 fully saturated rings. The van der Waals surface area contributed by atoms with Gasteiger partial charge in [0, 0.05) is 10.4 Å². The number of hydrogen-bond acceptors (Lipinski definition) is 1. The molecule has 1 nitrogen and oxygen atoms in total. The number of carbonyl (C=O) groups excluding carboxylic acids is 1. The lowest BCUT2D eigenvalue weighted by Gasteiger charge is -2.13. The van der Waals surface area contributed by atoms with Crippen molar-refractivity contribution in [1.29, 1.82) is 0 Å². The molecular weight excluding hydrogens is 204 g/mol. The zero-order valence-electron chi connectivity index (χ0n) is 6.73. The molecule has 1 aliphatic rings. The van der Waals surface area contributed by atoms with Gasteiger partial charge in [0.1, 0.15) is 0 Å². The Morgan fingerprint density at radius 3 is 2.82 bits per heavy atom. The summed E-state index contributed by atoms with van der Waals surface area (Å²) < 4.78 is 0. The Morgan fingerprint density at radius 2 is 2.36 bits per heavy atom. The number of ketones is 1. The van der Waals surface area contributed by atoms with E-state index in [1.165, 1.54) is 5.57 Å². The first-order chi connectivity index (χ1) is 5.11. The van der Waals surface area contributed by atoms with Crippen molar-refractivity contribution in [3.63, 3.8) is 0 Å². The van der Waals surface area contributed by atoms with Crippen molar-refractivity contribution in [1.82, 2.24) is 0 Å². The Balaban J connectivity index is 2.88. The fourth-order valence-electron chi connectivity index (χ4n) is 1.23. The summed E-state index contributed by atoms with van der Waals surface area (Å²) in [5.41, 5.74) is 2.06. The third-order valence-electron chi connectivity index (χ3n) is 1.81. The van der Waals surface area contributed by atoms with E-state index in [1.54, 1.807) is 6.92 Å². The molecule has 60 valence electrons. The molecule has 0 spiro atoms. The zero-order chi connectivity index (χ0) is 8.43. The third-order valence-corrected chi connectivity index (χ3v) is 2.44. The molecule has 1 unspecified atom stereocenters. The SMILES string of the molecule is CC(=O)C1=C(C)CC(Br)C=C1. The third kappa shape index (κ3) is 2.03. The predicted molar refractivity (Wildman–Crippen MR) is 49.9 cm³/mol. The van der Waals surface area contributed by atoms with Gasteiger partial charge in [-0.2, -0.15) is 0 Å². The molecule has 0 aromatic heterocycles. The van der Waals surface area contributed by atoms with Crippen LogP contribution in [0.1, 0.15) is 20.3 Å². The van der Waals surface area contributed by atoms with Crippen LogP contribution >= 0.6 is 15.9 Å². The first-order valence-corrected chi connectivity index (χ1v) is 4.56. The van der Waals surface area contributed by atoms with Crippen molar-refractivity contribution in [2.75, 3.05) is 0 Å². The highest BCUT2D eigenvalue weighted by Gasteiger charge is 2.12. The van der Waals surface area contributed by atoms with E-state index in [0.717, 1.165) is 12.0 Å². The van der Waals surface area contributed by atoms with E-state index < -0.39 is 0 Å². The number of hydrogen-bond donors (Lipinski definition) is 0. The van der Waals surface area contributed by atoms with Gasteiger partial charge in [0.15, 0.2) is 5.78 Å². The van der Waals surface area contributed by atoms with E-state index in [1.807, 2.05) is 19.1 Å². The molecule has 0 bridgehead atoms. The number of Topliss-reactive ketones (excluding diaryl/α,β-unsaturated/α-hetero) is 1. The average molecular weight is 215 g/mol. The van der Waals surface area contributed by atoms with Gasteiger partial charge < -0.3 is 0 Å². The molecule has 11 heavy (non-hydrogen) atoms. The Labute approximate surface area is 75.3 Å². The standard InChI is InChI=1S/C9H11BrO/c1-6-5-8(10)3-4-9(6)7(2)11/h3-4,8H,5H2,1-2H3. The van der Waals surface area contributed by atoms with E-state index in [9.17, 15) is 4.79 Å². The second-order valence-corrected chi connectivity index (χ2v) is 4.01. The molecule has 1 aliphatic carbocycles. The van der Waals surface area contributed by atoms with E-state index in [-0.39, 0.29) is 5.78 Å². The lowest BCUT2D eigenvalue weighted by Crippen LogP contribution is -2.06. The van der Waals surface area contributed by atoms with Gasteiger partial charge >= 0.3 is 0 Å². The molecule has 1 rings (SSSR count). The number of halogens is 1. The lowest BCUT2D eigenvalue weighted by atomic mass is 9.97. The fraction of sp³-hybridized carbons (Fsp3) is 0.444. The quantitative estimate of drug-likeness (QED) is 0.614. The van der Waals surface area contributed by atoms with Crippen LogP contribution in [0.15, 0.2) is 23.3 Å². The molecule has 0 heterocycles. The monoisotopic (exact) mass is 214 g/mol. The first-order valence-electron chi connectivity index (χ1n) is 3.64. The van der Waals surface area contributed by atoms with Crippen molar-refractivity contribution in [2.24, 2.45) is 0 Å². The summed E-state index contributed by atoms with van der Waals surface area (Å²) in [7, 11) is 0. The van der Waals surface area contributed by atoms with Crippen LogP contribution < -0.4 is 0 Å². The van der Waals surface area contributed by atoms with Gasteiger partial charge in [-0.05, 0) is 20.3 Å². The maximum atomic E-state index is 11.0. The molecule has 0 amide bonds. The maximum absolute atomic E-state index is 11.0. The van der Waals surface area contributed by atoms with Crippen molar-refractivity contribution < 1.29 is 4.79 Å². The summed E-state index contributed by atoms with van der Waals surface area (Å²) in [6.45, 7) is 3.62.